The van der Waals surface area contributed by atoms with Crippen molar-refractivity contribution in [2.45, 2.75) is 52.1 Å². The maximum Gasteiger partial charge on any atom is 0.341 e. The third kappa shape index (κ3) is 5.68. The number of ether oxygens (including phenoxy) is 2. The van der Waals surface area contributed by atoms with Gasteiger partial charge in [0.25, 0.3) is 5.91 Å². The van der Waals surface area contributed by atoms with Gasteiger partial charge in [0.05, 0.1) is 12.2 Å². The molecule has 6 nitrogen and oxygen atoms in total. The van der Waals surface area contributed by atoms with Gasteiger partial charge in [-0.25, -0.2) is 4.79 Å². The number of hydrogen-bond donors (Lipinski definition) is 1. The van der Waals surface area contributed by atoms with Crippen LogP contribution in [0.5, 0.6) is 0 Å². The Labute approximate surface area is 215 Å². The molecular formula is C29H31NO5S. The van der Waals surface area contributed by atoms with Crippen molar-refractivity contribution < 1.29 is 23.9 Å². The molecule has 1 aliphatic carbocycles. The smallest absolute Gasteiger partial charge is 0.341 e. The monoisotopic (exact) mass is 505 g/mol. The summed E-state index contributed by atoms with van der Waals surface area (Å²) in [6, 6.07) is 18.7. The second-order valence-electron chi connectivity index (χ2n) is 9.10. The van der Waals surface area contributed by atoms with E-state index in [-0.39, 0.29) is 6.61 Å². The van der Waals surface area contributed by atoms with Crippen LogP contribution in [0.4, 0.5) is 5.00 Å². The summed E-state index contributed by atoms with van der Waals surface area (Å²) in [4.78, 5) is 40.3. The molecule has 0 spiro atoms. The van der Waals surface area contributed by atoms with E-state index in [9.17, 15) is 14.4 Å². The predicted molar refractivity (Wildman–Crippen MR) is 140 cm³/mol. The number of fused-ring (bicyclic) bond motifs is 1. The van der Waals surface area contributed by atoms with Gasteiger partial charge in [-0.1, -0.05) is 67.6 Å². The molecule has 0 bridgehead atoms. The van der Waals surface area contributed by atoms with Gasteiger partial charge < -0.3 is 14.8 Å². The van der Waals surface area contributed by atoms with Crippen LogP contribution in [0, 0.1) is 5.92 Å². The molecule has 0 unspecified atom stereocenters. The lowest BCUT2D eigenvalue weighted by molar-refractivity contribution is -0.153. The summed E-state index contributed by atoms with van der Waals surface area (Å²) >= 11 is 1.41. The van der Waals surface area contributed by atoms with Crippen LogP contribution in [0.2, 0.25) is 0 Å². The predicted octanol–water partition coefficient (Wildman–Crippen LogP) is 5.75. The Bertz CT molecular complexity index is 1180. The third-order valence-electron chi connectivity index (χ3n) is 6.39. The van der Waals surface area contributed by atoms with Gasteiger partial charge in [0.1, 0.15) is 10.9 Å². The maximum atomic E-state index is 13.3. The largest absolute Gasteiger partial charge is 0.462 e. The fourth-order valence-electron chi connectivity index (χ4n) is 4.52. The molecular weight excluding hydrogens is 474 g/mol. The van der Waals surface area contributed by atoms with Gasteiger partial charge in [-0.2, -0.15) is 0 Å². The standard InChI is InChI=1S/C29H31NO5S/c1-4-34-28(32)25-22-16-15-18(2)17-23(22)36-27(25)30-26(31)19(3)35-29(33)24(20-11-7-5-8-12-20)21-13-9-6-10-14-21/h5-14,18-19,24H,4,15-17H2,1-3H3,(H,30,31)/t18-,19+/m1/s1. The van der Waals surface area contributed by atoms with E-state index in [1.807, 2.05) is 60.7 Å². The van der Waals surface area contributed by atoms with Crippen molar-refractivity contribution in [1.29, 1.82) is 0 Å². The Morgan fingerprint density at radius 1 is 1.03 bits per heavy atom. The summed E-state index contributed by atoms with van der Waals surface area (Å²) in [5.41, 5.74) is 2.96. The average Bonchev–Trinajstić information content (AvgIpc) is 3.22. The van der Waals surface area contributed by atoms with E-state index in [2.05, 4.69) is 12.2 Å². The number of carbonyl (C=O) groups is 3. The summed E-state index contributed by atoms with van der Waals surface area (Å²) in [5, 5.41) is 3.31. The average molecular weight is 506 g/mol. The lowest BCUT2D eigenvalue weighted by atomic mass is 9.88. The molecule has 1 heterocycles. The maximum absolute atomic E-state index is 13.3. The molecule has 188 valence electrons. The Balaban J connectivity index is 1.53. The number of thiophene rings is 1. The van der Waals surface area contributed by atoms with Gasteiger partial charge in [-0.05, 0) is 55.7 Å². The lowest BCUT2D eigenvalue weighted by Gasteiger charge is -2.20. The Morgan fingerprint density at radius 3 is 2.22 bits per heavy atom. The Kier molecular flexibility index (Phi) is 8.21. The second kappa shape index (κ2) is 11.5. The highest BCUT2D eigenvalue weighted by atomic mass is 32.1. The van der Waals surface area contributed by atoms with Crippen LogP contribution in [0.25, 0.3) is 0 Å². The molecule has 1 aliphatic rings. The Hall–Kier alpha value is -3.45. The third-order valence-corrected chi connectivity index (χ3v) is 7.56. The van der Waals surface area contributed by atoms with Crippen LogP contribution in [0.15, 0.2) is 60.7 Å². The van der Waals surface area contributed by atoms with Crippen molar-refractivity contribution in [3.05, 3.63) is 87.8 Å². The highest BCUT2D eigenvalue weighted by Gasteiger charge is 2.32. The van der Waals surface area contributed by atoms with Crippen LogP contribution < -0.4 is 5.32 Å². The Morgan fingerprint density at radius 2 is 1.64 bits per heavy atom. The highest BCUT2D eigenvalue weighted by molar-refractivity contribution is 7.17. The lowest BCUT2D eigenvalue weighted by Crippen LogP contribution is -2.32. The number of carbonyl (C=O) groups excluding carboxylic acids is 3. The van der Waals surface area contributed by atoms with Crippen molar-refractivity contribution in [3.63, 3.8) is 0 Å². The number of esters is 2. The summed E-state index contributed by atoms with van der Waals surface area (Å²) in [6.07, 6.45) is 1.57. The van der Waals surface area contributed by atoms with E-state index in [0.29, 0.717) is 16.5 Å². The fraction of sp³-hybridized carbons (Fsp3) is 0.345. The van der Waals surface area contributed by atoms with Crippen molar-refractivity contribution in [3.8, 4) is 0 Å². The van der Waals surface area contributed by atoms with Gasteiger partial charge in [-0.3, -0.25) is 9.59 Å². The van der Waals surface area contributed by atoms with Gasteiger partial charge in [0.2, 0.25) is 0 Å². The molecule has 0 aliphatic heterocycles. The number of hydrogen-bond acceptors (Lipinski definition) is 6. The molecule has 0 saturated carbocycles. The zero-order chi connectivity index (χ0) is 25.7. The first-order chi connectivity index (χ1) is 17.4. The van der Waals surface area contributed by atoms with Crippen molar-refractivity contribution in [2.24, 2.45) is 5.92 Å². The minimum absolute atomic E-state index is 0.252. The molecule has 0 fully saturated rings. The SMILES string of the molecule is CCOC(=O)c1c(NC(=O)[C@H](C)OC(=O)C(c2ccccc2)c2ccccc2)sc2c1CC[C@@H](C)C2. The van der Waals surface area contributed by atoms with Crippen LogP contribution in [-0.2, 0) is 31.9 Å². The van der Waals surface area contributed by atoms with Crippen molar-refractivity contribution >= 4 is 34.2 Å². The van der Waals surface area contributed by atoms with E-state index in [0.717, 1.165) is 40.8 Å². The van der Waals surface area contributed by atoms with Crippen molar-refractivity contribution in [2.75, 3.05) is 11.9 Å². The number of rotatable bonds is 8. The van der Waals surface area contributed by atoms with Crippen LogP contribution in [-0.4, -0.2) is 30.6 Å². The molecule has 0 radical (unpaired) electrons. The molecule has 0 saturated heterocycles. The van der Waals surface area contributed by atoms with E-state index in [1.165, 1.54) is 11.3 Å². The highest BCUT2D eigenvalue weighted by Crippen LogP contribution is 2.40. The summed E-state index contributed by atoms with van der Waals surface area (Å²) < 4.78 is 10.9. The molecule has 2 atom stereocenters. The van der Waals surface area contributed by atoms with Gasteiger partial charge in [0.15, 0.2) is 6.10 Å². The molecule has 2 aromatic carbocycles. The zero-order valence-electron chi connectivity index (χ0n) is 20.8. The first kappa shape index (κ1) is 25.6. The van der Waals surface area contributed by atoms with E-state index < -0.39 is 29.9 Å². The van der Waals surface area contributed by atoms with Crippen LogP contribution >= 0.6 is 11.3 Å². The number of benzene rings is 2. The summed E-state index contributed by atoms with van der Waals surface area (Å²) in [7, 11) is 0. The summed E-state index contributed by atoms with van der Waals surface area (Å²) in [6.45, 7) is 5.73. The molecule has 1 aromatic heterocycles. The number of amides is 1. The quantitative estimate of drug-likeness (QED) is 0.394. The molecule has 3 aromatic rings. The van der Waals surface area contributed by atoms with Crippen LogP contribution in [0.3, 0.4) is 0 Å². The van der Waals surface area contributed by atoms with Gasteiger partial charge in [-0.15, -0.1) is 11.3 Å². The van der Waals surface area contributed by atoms with Gasteiger partial charge in [0, 0.05) is 4.88 Å². The summed E-state index contributed by atoms with van der Waals surface area (Å²) in [5.74, 6) is -1.58. The second-order valence-corrected chi connectivity index (χ2v) is 10.2. The minimum Gasteiger partial charge on any atom is -0.462 e. The van der Waals surface area contributed by atoms with Gasteiger partial charge >= 0.3 is 11.9 Å². The zero-order valence-corrected chi connectivity index (χ0v) is 21.6. The topological polar surface area (TPSA) is 81.7 Å². The number of nitrogens with one attached hydrogen (secondary N) is 1. The van der Waals surface area contributed by atoms with E-state index in [4.69, 9.17) is 9.47 Å². The first-order valence-electron chi connectivity index (χ1n) is 12.3. The normalized spacial score (nSPS) is 15.6. The molecule has 36 heavy (non-hydrogen) atoms. The molecule has 1 amide bonds. The van der Waals surface area contributed by atoms with Crippen LogP contribution in [0.1, 0.15) is 65.0 Å². The first-order valence-corrected chi connectivity index (χ1v) is 13.1. The fourth-order valence-corrected chi connectivity index (χ4v) is 5.92. The van der Waals surface area contributed by atoms with Crippen molar-refractivity contribution in [1.82, 2.24) is 0 Å². The molecule has 4 rings (SSSR count). The molecule has 1 N–H and O–H groups in total. The van der Waals surface area contributed by atoms with E-state index in [1.54, 1.807) is 13.8 Å². The number of anilines is 1. The van der Waals surface area contributed by atoms with E-state index >= 15 is 0 Å². The molecule has 7 heteroatoms. The minimum atomic E-state index is -1.06.